The van der Waals surface area contributed by atoms with Gasteiger partial charge in [-0.3, -0.25) is 9.59 Å². The average molecular weight is 180 g/mol. The third-order valence-electron chi connectivity index (χ3n) is 1.85. The number of rotatable bonds is 0. The third-order valence-corrected chi connectivity index (χ3v) is 1.85. The van der Waals surface area contributed by atoms with Crippen molar-refractivity contribution in [1.29, 1.82) is 0 Å². The van der Waals surface area contributed by atoms with E-state index in [0.29, 0.717) is 5.57 Å². The van der Waals surface area contributed by atoms with Gasteiger partial charge in [0.25, 0.3) is 0 Å². The maximum absolute atomic E-state index is 11.4. The normalized spacial score (nSPS) is 18.4. The fourth-order valence-electron chi connectivity index (χ4n) is 1.14. The number of carbonyl (C=O) groups is 2. The Bertz CT molecular complexity index is 327. The molecule has 3 heteroatoms. The Morgan fingerprint density at radius 1 is 1.15 bits per heavy atom. The van der Waals surface area contributed by atoms with Gasteiger partial charge in [-0.05, 0) is 11.5 Å². The standard InChI is InChI=1S/C10H12O3/c1-10(2,3)7-4-6(11)5-8(12)9(7)13/h4-5,12H,1-3H3. The van der Waals surface area contributed by atoms with Crippen molar-refractivity contribution in [3.8, 4) is 0 Å². The van der Waals surface area contributed by atoms with Crippen LogP contribution in [0, 0.1) is 5.41 Å². The first-order chi connectivity index (χ1) is 5.82. The molecule has 0 bridgehead atoms. The number of ketones is 2. The van der Waals surface area contributed by atoms with Gasteiger partial charge in [-0.2, -0.15) is 0 Å². The summed E-state index contributed by atoms with van der Waals surface area (Å²) in [6.45, 7) is 5.47. The molecule has 1 aliphatic carbocycles. The molecule has 0 amide bonds. The molecule has 0 atom stereocenters. The molecular weight excluding hydrogens is 168 g/mol. The third kappa shape index (κ3) is 1.86. The summed E-state index contributed by atoms with van der Waals surface area (Å²) in [5, 5.41) is 9.13. The Balaban J connectivity index is 3.14. The van der Waals surface area contributed by atoms with Crippen LogP contribution in [0.1, 0.15) is 20.8 Å². The van der Waals surface area contributed by atoms with Crippen molar-refractivity contribution in [2.24, 2.45) is 5.41 Å². The number of Topliss-reactive ketones (excluding diaryl/α,β-unsaturated/α-hetero) is 1. The molecule has 0 aromatic carbocycles. The quantitative estimate of drug-likeness (QED) is 0.575. The van der Waals surface area contributed by atoms with Gasteiger partial charge >= 0.3 is 0 Å². The van der Waals surface area contributed by atoms with Crippen LogP contribution < -0.4 is 0 Å². The zero-order valence-corrected chi connectivity index (χ0v) is 7.92. The first-order valence-corrected chi connectivity index (χ1v) is 4.04. The lowest BCUT2D eigenvalue weighted by Crippen LogP contribution is -2.23. The number of hydrogen-bond donors (Lipinski definition) is 1. The Kier molecular flexibility index (Phi) is 2.12. The molecule has 0 aromatic rings. The van der Waals surface area contributed by atoms with Gasteiger partial charge < -0.3 is 5.11 Å². The fraction of sp³-hybridized carbons (Fsp3) is 0.400. The van der Waals surface area contributed by atoms with E-state index in [1.54, 1.807) is 0 Å². The van der Waals surface area contributed by atoms with Crippen molar-refractivity contribution in [2.75, 3.05) is 0 Å². The van der Waals surface area contributed by atoms with Crippen LogP contribution in [0.4, 0.5) is 0 Å². The number of aliphatic hydroxyl groups is 1. The van der Waals surface area contributed by atoms with Gasteiger partial charge in [-0.1, -0.05) is 20.8 Å². The zero-order chi connectivity index (χ0) is 10.2. The number of allylic oxidation sites excluding steroid dienone is 3. The van der Waals surface area contributed by atoms with Gasteiger partial charge in [-0.25, -0.2) is 0 Å². The van der Waals surface area contributed by atoms with E-state index < -0.39 is 17.0 Å². The van der Waals surface area contributed by atoms with E-state index >= 15 is 0 Å². The van der Waals surface area contributed by atoms with E-state index in [9.17, 15) is 9.59 Å². The van der Waals surface area contributed by atoms with Gasteiger partial charge in [0.15, 0.2) is 11.5 Å². The Labute approximate surface area is 76.8 Å². The smallest absolute Gasteiger partial charge is 0.224 e. The van der Waals surface area contributed by atoms with Crippen LogP contribution in [0.5, 0.6) is 0 Å². The minimum atomic E-state index is -0.461. The predicted molar refractivity (Wildman–Crippen MR) is 48.3 cm³/mol. The summed E-state index contributed by atoms with van der Waals surface area (Å²) in [5.41, 5.74) is -0.0490. The number of carbonyl (C=O) groups excluding carboxylic acids is 2. The molecule has 13 heavy (non-hydrogen) atoms. The van der Waals surface area contributed by atoms with Gasteiger partial charge in [0.05, 0.1) is 0 Å². The largest absolute Gasteiger partial charge is 0.504 e. The van der Waals surface area contributed by atoms with Crippen LogP contribution in [-0.2, 0) is 9.59 Å². The van der Waals surface area contributed by atoms with Crippen molar-refractivity contribution in [1.82, 2.24) is 0 Å². The van der Waals surface area contributed by atoms with E-state index in [1.807, 2.05) is 20.8 Å². The Morgan fingerprint density at radius 2 is 1.69 bits per heavy atom. The highest BCUT2D eigenvalue weighted by Gasteiger charge is 2.29. The van der Waals surface area contributed by atoms with Crippen LogP contribution in [0.2, 0.25) is 0 Å². The Hall–Kier alpha value is -1.38. The van der Waals surface area contributed by atoms with Crippen LogP contribution in [0.3, 0.4) is 0 Å². The molecule has 0 radical (unpaired) electrons. The summed E-state index contributed by atoms with van der Waals surface area (Å²) in [6.07, 6.45) is 2.22. The van der Waals surface area contributed by atoms with E-state index in [0.717, 1.165) is 6.08 Å². The van der Waals surface area contributed by atoms with Crippen molar-refractivity contribution >= 4 is 11.6 Å². The zero-order valence-electron chi connectivity index (χ0n) is 7.92. The molecule has 0 unspecified atom stereocenters. The monoisotopic (exact) mass is 180 g/mol. The van der Waals surface area contributed by atoms with Gasteiger partial charge in [0, 0.05) is 11.6 Å². The van der Waals surface area contributed by atoms with Crippen LogP contribution in [0.15, 0.2) is 23.5 Å². The van der Waals surface area contributed by atoms with Crippen molar-refractivity contribution in [3.05, 3.63) is 23.5 Å². The van der Waals surface area contributed by atoms with Crippen molar-refractivity contribution in [3.63, 3.8) is 0 Å². The molecule has 0 saturated carbocycles. The summed E-state index contributed by atoms with van der Waals surface area (Å²) in [7, 11) is 0. The molecule has 0 spiro atoms. The Morgan fingerprint density at radius 3 is 2.15 bits per heavy atom. The molecular formula is C10H12O3. The molecule has 1 aliphatic rings. The lowest BCUT2D eigenvalue weighted by molar-refractivity contribution is -0.118. The van der Waals surface area contributed by atoms with Crippen molar-refractivity contribution in [2.45, 2.75) is 20.8 Å². The summed E-state index contributed by atoms with van der Waals surface area (Å²) < 4.78 is 0. The predicted octanol–water partition coefficient (Wildman–Crippen LogP) is 1.55. The summed E-state index contributed by atoms with van der Waals surface area (Å²) in [5.74, 6) is -1.24. The second kappa shape index (κ2) is 2.83. The van der Waals surface area contributed by atoms with Gasteiger partial charge in [-0.15, -0.1) is 0 Å². The summed E-state index contributed by atoms with van der Waals surface area (Å²) in [6, 6.07) is 0. The lowest BCUT2D eigenvalue weighted by Gasteiger charge is -2.22. The molecule has 3 nitrogen and oxygen atoms in total. The molecule has 0 saturated heterocycles. The first kappa shape index (κ1) is 9.71. The van der Waals surface area contributed by atoms with E-state index in [2.05, 4.69) is 0 Å². The van der Waals surface area contributed by atoms with Crippen LogP contribution in [-0.4, -0.2) is 16.7 Å². The van der Waals surface area contributed by atoms with E-state index in [4.69, 9.17) is 5.11 Å². The molecule has 1 rings (SSSR count). The van der Waals surface area contributed by atoms with Crippen LogP contribution in [0.25, 0.3) is 0 Å². The molecule has 0 aromatic heterocycles. The van der Waals surface area contributed by atoms with E-state index in [-0.39, 0.29) is 5.78 Å². The molecule has 0 heterocycles. The fourth-order valence-corrected chi connectivity index (χ4v) is 1.14. The molecule has 0 fully saturated rings. The molecule has 1 N–H and O–H groups in total. The summed E-state index contributed by atoms with van der Waals surface area (Å²) >= 11 is 0. The highest BCUT2D eigenvalue weighted by atomic mass is 16.3. The SMILES string of the molecule is CC(C)(C)C1=CC(=O)C=C(O)C1=O. The minimum absolute atomic E-state index is 0.331. The number of aliphatic hydroxyl groups excluding tert-OH is 1. The second-order valence-corrected chi connectivity index (χ2v) is 4.07. The maximum Gasteiger partial charge on any atom is 0.224 e. The van der Waals surface area contributed by atoms with Crippen molar-refractivity contribution < 1.29 is 14.7 Å². The van der Waals surface area contributed by atoms with Gasteiger partial charge in [0.2, 0.25) is 5.78 Å². The van der Waals surface area contributed by atoms with Crippen LogP contribution >= 0.6 is 0 Å². The minimum Gasteiger partial charge on any atom is -0.504 e. The maximum atomic E-state index is 11.4. The molecule has 70 valence electrons. The highest BCUT2D eigenvalue weighted by Crippen LogP contribution is 2.29. The summed E-state index contributed by atoms with van der Waals surface area (Å²) in [4.78, 5) is 22.4. The first-order valence-electron chi connectivity index (χ1n) is 4.04. The highest BCUT2D eigenvalue weighted by molar-refractivity contribution is 6.19. The van der Waals surface area contributed by atoms with Gasteiger partial charge in [0.1, 0.15) is 0 Å². The molecule has 0 aliphatic heterocycles. The number of hydrogen-bond acceptors (Lipinski definition) is 3. The topological polar surface area (TPSA) is 54.4 Å². The second-order valence-electron chi connectivity index (χ2n) is 4.07. The van der Waals surface area contributed by atoms with E-state index in [1.165, 1.54) is 6.08 Å². The average Bonchev–Trinajstić information content (AvgIpc) is 1.94. The lowest BCUT2D eigenvalue weighted by atomic mass is 9.81.